The van der Waals surface area contributed by atoms with Crippen LogP contribution in [0.15, 0.2) is 10.5 Å². The van der Waals surface area contributed by atoms with E-state index in [0.29, 0.717) is 25.1 Å². The van der Waals surface area contributed by atoms with Crippen LogP contribution in [-0.2, 0) is 25.4 Å². The van der Waals surface area contributed by atoms with E-state index < -0.39 is 0 Å². The number of carbonyl (C=O) groups excluding carboxylic acids is 1. The molecular weight excluding hydrogens is 342 g/mol. The number of aryl methyl sites for hydroxylation is 3. The number of pyridine rings is 1. The third-order valence-electron chi connectivity index (χ3n) is 4.98. The van der Waals surface area contributed by atoms with Crippen molar-refractivity contribution in [3.63, 3.8) is 0 Å². The molecule has 0 N–H and O–H groups in total. The summed E-state index contributed by atoms with van der Waals surface area (Å²) in [6.45, 7) is 11.1. The highest BCUT2D eigenvalue weighted by atomic mass is 16.4. The van der Waals surface area contributed by atoms with Gasteiger partial charge in [-0.1, -0.05) is 20.8 Å². The Kier molecular flexibility index (Phi) is 3.87. The smallest absolute Gasteiger partial charge is 0.255 e. The van der Waals surface area contributed by atoms with Gasteiger partial charge in [0, 0.05) is 31.1 Å². The fourth-order valence-electron chi connectivity index (χ4n) is 3.60. The number of oxazole rings is 1. The summed E-state index contributed by atoms with van der Waals surface area (Å²) < 4.78 is 7.68. The Bertz CT molecular complexity index is 1050. The Morgan fingerprint density at radius 2 is 1.96 bits per heavy atom. The van der Waals surface area contributed by atoms with E-state index >= 15 is 0 Å². The minimum absolute atomic E-state index is 0.00689. The molecule has 4 heterocycles. The molecule has 27 heavy (non-hydrogen) atoms. The Labute approximate surface area is 158 Å². The Morgan fingerprint density at radius 1 is 1.22 bits per heavy atom. The van der Waals surface area contributed by atoms with E-state index in [2.05, 4.69) is 35.8 Å². The molecule has 3 aromatic rings. The highest BCUT2D eigenvalue weighted by Gasteiger charge is 2.30. The highest BCUT2D eigenvalue weighted by molar-refractivity contribution is 6.06. The lowest BCUT2D eigenvalue weighted by Gasteiger charge is -2.25. The standard InChI is InChI=1S/C20H25N5O2/c1-11-9-13(16-12(2)23-24(6)17(16)21-11)18(26)25-8-7-15-14(10-25)22-19(27-15)20(3,4)5/h9H,7-8,10H2,1-6H3. The van der Waals surface area contributed by atoms with Gasteiger partial charge in [0.15, 0.2) is 11.5 Å². The lowest BCUT2D eigenvalue weighted by Crippen LogP contribution is -2.36. The van der Waals surface area contributed by atoms with Gasteiger partial charge in [0.2, 0.25) is 0 Å². The van der Waals surface area contributed by atoms with Crippen molar-refractivity contribution in [3.8, 4) is 0 Å². The molecule has 142 valence electrons. The molecule has 0 aromatic carbocycles. The summed E-state index contributed by atoms with van der Waals surface area (Å²) in [5.41, 5.74) is 3.74. The van der Waals surface area contributed by atoms with Gasteiger partial charge in [-0.25, -0.2) is 9.97 Å². The second-order valence-electron chi connectivity index (χ2n) is 8.33. The van der Waals surface area contributed by atoms with E-state index in [4.69, 9.17) is 4.42 Å². The second-order valence-corrected chi connectivity index (χ2v) is 8.33. The number of hydrogen-bond donors (Lipinski definition) is 0. The van der Waals surface area contributed by atoms with Crippen LogP contribution in [0.25, 0.3) is 11.0 Å². The molecule has 1 amide bonds. The van der Waals surface area contributed by atoms with E-state index in [0.717, 1.165) is 39.8 Å². The van der Waals surface area contributed by atoms with Crippen LogP contribution in [-0.4, -0.2) is 37.1 Å². The van der Waals surface area contributed by atoms with Crippen molar-refractivity contribution in [1.29, 1.82) is 0 Å². The van der Waals surface area contributed by atoms with Gasteiger partial charge in [-0.3, -0.25) is 9.48 Å². The molecule has 0 atom stereocenters. The summed E-state index contributed by atoms with van der Waals surface area (Å²) in [4.78, 5) is 24.4. The van der Waals surface area contributed by atoms with Crippen LogP contribution >= 0.6 is 0 Å². The van der Waals surface area contributed by atoms with E-state index in [1.807, 2.05) is 31.9 Å². The van der Waals surface area contributed by atoms with Crippen LogP contribution in [0.3, 0.4) is 0 Å². The van der Waals surface area contributed by atoms with Crippen molar-refractivity contribution in [2.75, 3.05) is 6.54 Å². The van der Waals surface area contributed by atoms with Crippen molar-refractivity contribution < 1.29 is 9.21 Å². The van der Waals surface area contributed by atoms with Gasteiger partial charge < -0.3 is 9.32 Å². The predicted molar refractivity (Wildman–Crippen MR) is 102 cm³/mol. The first-order valence-corrected chi connectivity index (χ1v) is 9.24. The first kappa shape index (κ1) is 17.7. The zero-order valence-corrected chi connectivity index (χ0v) is 16.8. The van der Waals surface area contributed by atoms with Crippen molar-refractivity contribution in [2.24, 2.45) is 7.05 Å². The van der Waals surface area contributed by atoms with Gasteiger partial charge in [-0.05, 0) is 19.9 Å². The first-order chi connectivity index (χ1) is 12.6. The van der Waals surface area contributed by atoms with Gasteiger partial charge in [0.25, 0.3) is 5.91 Å². The minimum atomic E-state index is -0.145. The molecule has 0 fully saturated rings. The predicted octanol–water partition coefficient (Wildman–Crippen LogP) is 3.07. The minimum Gasteiger partial charge on any atom is -0.445 e. The van der Waals surface area contributed by atoms with Crippen molar-refractivity contribution in [2.45, 2.75) is 53.0 Å². The average Bonchev–Trinajstić information content (AvgIpc) is 3.14. The SMILES string of the molecule is Cc1cc(C(=O)N2CCc3oc(C(C)(C)C)nc3C2)c2c(C)nn(C)c2n1. The van der Waals surface area contributed by atoms with Crippen LogP contribution in [0.2, 0.25) is 0 Å². The molecule has 3 aromatic heterocycles. The Hall–Kier alpha value is -2.70. The van der Waals surface area contributed by atoms with Crippen LogP contribution in [0.4, 0.5) is 0 Å². The van der Waals surface area contributed by atoms with E-state index in [9.17, 15) is 4.79 Å². The third kappa shape index (κ3) is 2.91. The summed E-state index contributed by atoms with van der Waals surface area (Å²) in [6.07, 6.45) is 0.684. The molecule has 0 saturated heterocycles. The molecule has 0 radical (unpaired) electrons. The summed E-state index contributed by atoms with van der Waals surface area (Å²) in [6, 6.07) is 1.86. The molecule has 0 aliphatic carbocycles. The number of rotatable bonds is 1. The highest BCUT2D eigenvalue weighted by Crippen LogP contribution is 2.29. The van der Waals surface area contributed by atoms with Gasteiger partial charge in [-0.15, -0.1) is 0 Å². The molecule has 1 aliphatic heterocycles. The number of hydrogen-bond acceptors (Lipinski definition) is 5. The molecule has 4 rings (SSSR count). The van der Waals surface area contributed by atoms with Gasteiger partial charge in [-0.2, -0.15) is 5.10 Å². The molecule has 0 unspecified atom stereocenters. The van der Waals surface area contributed by atoms with Crippen molar-refractivity contribution in [1.82, 2.24) is 24.6 Å². The van der Waals surface area contributed by atoms with Crippen LogP contribution in [0.1, 0.15) is 59.9 Å². The fraction of sp³-hybridized carbons (Fsp3) is 0.500. The lowest BCUT2D eigenvalue weighted by atomic mass is 9.97. The van der Waals surface area contributed by atoms with Crippen molar-refractivity contribution in [3.05, 3.63) is 40.4 Å². The molecule has 0 bridgehead atoms. The van der Waals surface area contributed by atoms with Gasteiger partial charge >= 0.3 is 0 Å². The van der Waals surface area contributed by atoms with Crippen LogP contribution in [0, 0.1) is 13.8 Å². The normalized spacial score (nSPS) is 14.7. The summed E-state index contributed by atoms with van der Waals surface area (Å²) in [7, 11) is 1.85. The zero-order valence-electron chi connectivity index (χ0n) is 16.8. The molecule has 7 heteroatoms. The molecular formula is C20H25N5O2. The monoisotopic (exact) mass is 367 g/mol. The van der Waals surface area contributed by atoms with Crippen LogP contribution < -0.4 is 0 Å². The van der Waals surface area contributed by atoms with Crippen molar-refractivity contribution >= 4 is 16.9 Å². The summed E-state index contributed by atoms with van der Waals surface area (Å²) in [5, 5.41) is 5.27. The largest absolute Gasteiger partial charge is 0.445 e. The van der Waals surface area contributed by atoms with E-state index in [1.165, 1.54) is 0 Å². The number of carbonyl (C=O) groups is 1. The fourth-order valence-corrected chi connectivity index (χ4v) is 3.60. The maximum absolute atomic E-state index is 13.3. The topological polar surface area (TPSA) is 77.0 Å². The van der Waals surface area contributed by atoms with Gasteiger partial charge in [0.05, 0.1) is 23.2 Å². The summed E-state index contributed by atoms with van der Waals surface area (Å²) in [5.74, 6) is 1.62. The first-order valence-electron chi connectivity index (χ1n) is 9.24. The maximum atomic E-state index is 13.3. The van der Waals surface area contributed by atoms with E-state index in [1.54, 1.807) is 4.68 Å². The Morgan fingerprint density at radius 3 is 2.67 bits per heavy atom. The lowest BCUT2D eigenvalue weighted by molar-refractivity contribution is 0.0729. The molecule has 7 nitrogen and oxygen atoms in total. The molecule has 0 spiro atoms. The van der Waals surface area contributed by atoms with Crippen LogP contribution in [0.5, 0.6) is 0 Å². The second kappa shape index (κ2) is 5.90. The number of nitrogens with zero attached hydrogens (tertiary/aromatic N) is 5. The van der Waals surface area contributed by atoms with Gasteiger partial charge in [0.1, 0.15) is 11.5 Å². The quantitative estimate of drug-likeness (QED) is 0.661. The molecule has 1 aliphatic rings. The summed E-state index contributed by atoms with van der Waals surface area (Å²) >= 11 is 0. The molecule has 0 saturated carbocycles. The third-order valence-corrected chi connectivity index (χ3v) is 4.98. The van der Waals surface area contributed by atoms with E-state index in [-0.39, 0.29) is 11.3 Å². The zero-order chi connectivity index (χ0) is 19.5. The maximum Gasteiger partial charge on any atom is 0.255 e. The number of fused-ring (bicyclic) bond motifs is 2. The average molecular weight is 367 g/mol. The Balaban J connectivity index is 1.71. The number of amides is 1. The number of aromatic nitrogens is 4.